The van der Waals surface area contributed by atoms with Crippen molar-refractivity contribution in [3.8, 4) is 0 Å². The Balaban J connectivity index is 1.55. The first-order valence-corrected chi connectivity index (χ1v) is 11.9. The van der Waals surface area contributed by atoms with Crippen LogP contribution in [0.5, 0.6) is 0 Å². The number of nitrogens with zero attached hydrogens (tertiary/aromatic N) is 3. The van der Waals surface area contributed by atoms with Crippen molar-refractivity contribution in [1.29, 1.82) is 0 Å². The highest BCUT2D eigenvalue weighted by Gasteiger charge is 2.22. The maximum atomic E-state index is 12.6. The second-order valence-electron chi connectivity index (χ2n) is 7.96. The lowest BCUT2D eigenvalue weighted by Crippen LogP contribution is -2.29. The molecule has 2 amide bonds. The number of carbonyl (C=O) groups is 3. The Morgan fingerprint density at radius 1 is 1.12 bits per heavy atom. The van der Waals surface area contributed by atoms with Crippen LogP contribution >= 0.6 is 11.3 Å². The molecule has 0 aliphatic carbocycles. The summed E-state index contributed by atoms with van der Waals surface area (Å²) >= 11 is 1.20. The summed E-state index contributed by atoms with van der Waals surface area (Å²) in [7, 11) is 1.31. The van der Waals surface area contributed by atoms with E-state index in [1.54, 1.807) is 11.0 Å². The molecule has 0 bridgehead atoms. The monoisotopic (exact) mass is 478 g/mol. The SMILES string of the molecule is COC(=O)c1sc2nc(CN3CCCN(C=O)CC3)ccc2c1NC(=O)/C=C/c1ccccc1. The first kappa shape index (κ1) is 23.6. The Bertz CT molecular complexity index is 1210. The summed E-state index contributed by atoms with van der Waals surface area (Å²) in [4.78, 5) is 45.8. The van der Waals surface area contributed by atoms with Gasteiger partial charge in [0.2, 0.25) is 12.3 Å². The first-order valence-electron chi connectivity index (χ1n) is 11.0. The van der Waals surface area contributed by atoms with Gasteiger partial charge in [-0.2, -0.15) is 0 Å². The van der Waals surface area contributed by atoms with Crippen LogP contribution < -0.4 is 5.32 Å². The molecule has 3 heterocycles. The highest BCUT2D eigenvalue weighted by Crippen LogP contribution is 2.35. The van der Waals surface area contributed by atoms with E-state index in [0.717, 1.165) is 43.7 Å². The summed E-state index contributed by atoms with van der Waals surface area (Å²) < 4.78 is 4.94. The van der Waals surface area contributed by atoms with E-state index in [4.69, 9.17) is 9.72 Å². The molecule has 0 radical (unpaired) electrons. The Labute approximate surface area is 201 Å². The minimum absolute atomic E-state index is 0.306. The van der Waals surface area contributed by atoms with Crippen molar-refractivity contribution in [2.75, 3.05) is 38.6 Å². The number of benzene rings is 1. The van der Waals surface area contributed by atoms with E-state index in [2.05, 4.69) is 10.2 Å². The largest absolute Gasteiger partial charge is 0.465 e. The molecule has 3 aromatic rings. The number of hydrogen-bond donors (Lipinski definition) is 1. The normalized spacial score (nSPS) is 14.8. The molecule has 0 saturated carbocycles. The number of anilines is 1. The molecule has 1 aliphatic rings. The summed E-state index contributed by atoms with van der Waals surface area (Å²) in [5.74, 6) is -0.865. The van der Waals surface area contributed by atoms with Crippen LogP contribution in [0.2, 0.25) is 0 Å². The van der Waals surface area contributed by atoms with Crippen molar-refractivity contribution in [3.63, 3.8) is 0 Å². The van der Waals surface area contributed by atoms with Crippen molar-refractivity contribution in [2.24, 2.45) is 0 Å². The summed E-state index contributed by atoms with van der Waals surface area (Å²) in [6.45, 7) is 3.78. The van der Waals surface area contributed by atoms with Crippen molar-refractivity contribution in [2.45, 2.75) is 13.0 Å². The third kappa shape index (κ3) is 5.67. The van der Waals surface area contributed by atoms with Gasteiger partial charge in [0.15, 0.2) is 0 Å². The summed E-state index contributed by atoms with van der Waals surface area (Å²) in [5.41, 5.74) is 2.17. The Morgan fingerprint density at radius 3 is 2.71 bits per heavy atom. The molecule has 34 heavy (non-hydrogen) atoms. The fourth-order valence-corrected chi connectivity index (χ4v) is 4.92. The predicted molar refractivity (Wildman–Crippen MR) is 133 cm³/mol. The average molecular weight is 479 g/mol. The highest BCUT2D eigenvalue weighted by atomic mass is 32.1. The zero-order valence-electron chi connectivity index (χ0n) is 18.9. The van der Waals surface area contributed by atoms with E-state index in [1.807, 2.05) is 42.5 Å². The third-order valence-electron chi connectivity index (χ3n) is 5.62. The average Bonchev–Trinajstić information content (AvgIpc) is 3.05. The summed E-state index contributed by atoms with van der Waals surface area (Å²) in [5, 5.41) is 3.53. The van der Waals surface area contributed by atoms with Gasteiger partial charge in [0, 0.05) is 44.2 Å². The van der Waals surface area contributed by atoms with Crippen molar-refractivity contribution >= 4 is 51.6 Å². The molecule has 176 valence electrons. The van der Waals surface area contributed by atoms with E-state index in [-0.39, 0.29) is 5.91 Å². The fourth-order valence-electron chi connectivity index (χ4n) is 3.85. The van der Waals surface area contributed by atoms with Gasteiger partial charge in [0.05, 0.1) is 18.5 Å². The molecule has 4 rings (SSSR count). The number of hydrogen-bond acceptors (Lipinski definition) is 7. The molecule has 1 fully saturated rings. The molecule has 0 unspecified atom stereocenters. The maximum Gasteiger partial charge on any atom is 0.350 e. The zero-order valence-corrected chi connectivity index (χ0v) is 19.7. The van der Waals surface area contributed by atoms with Gasteiger partial charge in [0.1, 0.15) is 9.71 Å². The van der Waals surface area contributed by atoms with E-state index in [0.29, 0.717) is 33.9 Å². The number of methoxy groups -OCH3 is 1. The van der Waals surface area contributed by atoms with Gasteiger partial charge in [-0.15, -0.1) is 11.3 Å². The molecule has 0 atom stereocenters. The first-order chi connectivity index (χ1) is 16.6. The number of aromatic nitrogens is 1. The van der Waals surface area contributed by atoms with Gasteiger partial charge in [-0.25, -0.2) is 9.78 Å². The van der Waals surface area contributed by atoms with E-state index in [9.17, 15) is 14.4 Å². The van der Waals surface area contributed by atoms with Crippen LogP contribution in [0.25, 0.3) is 16.3 Å². The number of amides is 2. The molecule has 1 aromatic carbocycles. The lowest BCUT2D eigenvalue weighted by molar-refractivity contribution is -0.118. The van der Waals surface area contributed by atoms with Crippen LogP contribution in [-0.2, 0) is 20.9 Å². The zero-order chi connectivity index (χ0) is 23.9. The topological polar surface area (TPSA) is 91.8 Å². The number of carbonyl (C=O) groups excluding carboxylic acids is 3. The summed E-state index contributed by atoms with van der Waals surface area (Å²) in [6, 6.07) is 13.3. The van der Waals surface area contributed by atoms with Gasteiger partial charge >= 0.3 is 5.97 Å². The second-order valence-corrected chi connectivity index (χ2v) is 8.96. The molecule has 1 N–H and O–H groups in total. The molecule has 1 saturated heterocycles. The Kier molecular flexibility index (Phi) is 7.66. The van der Waals surface area contributed by atoms with Gasteiger partial charge in [0.25, 0.3) is 0 Å². The van der Waals surface area contributed by atoms with E-state index < -0.39 is 5.97 Å². The molecule has 0 spiro atoms. The molecule has 1 aliphatic heterocycles. The summed E-state index contributed by atoms with van der Waals surface area (Å²) in [6.07, 6.45) is 4.96. The minimum atomic E-state index is -0.520. The number of rotatable bonds is 7. The number of esters is 1. The molecule has 9 heteroatoms. The maximum absolute atomic E-state index is 12.6. The molecule has 8 nitrogen and oxygen atoms in total. The van der Waals surface area contributed by atoms with Crippen molar-refractivity contribution < 1.29 is 19.1 Å². The third-order valence-corrected chi connectivity index (χ3v) is 6.70. The van der Waals surface area contributed by atoms with Crippen molar-refractivity contribution in [3.05, 3.63) is 64.7 Å². The number of thiophene rings is 1. The Morgan fingerprint density at radius 2 is 1.94 bits per heavy atom. The minimum Gasteiger partial charge on any atom is -0.465 e. The van der Waals surface area contributed by atoms with Crippen LogP contribution in [-0.4, -0.2) is 66.4 Å². The van der Waals surface area contributed by atoms with Gasteiger partial charge in [-0.1, -0.05) is 30.3 Å². The predicted octanol–water partition coefficient (Wildman–Crippen LogP) is 3.40. The highest BCUT2D eigenvalue weighted by molar-refractivity contribution is 7.21. The number of ether oxygens (including phenoxy) is 1. The van der Waals surface area contributed by atoms with E-state index >= 15 is 0 Å². The van der Waals surface area contributed by atoms with E-state index in [1.165, 1.54) is 24.5 Å². The fraction of sp³-hybridized carbons (Fsp3) is 0.280. The van der Waals surface area contributed by atoms with Gasteiger partial charge < -0.3 is 15.0 Å². The standard InChI is InChI=1S/C25H26N4O4S/c1-33-25(32)23-22(27-21(31)11-8-18-6-3-2-4-7-18)20-10-9-19(26-24(20)34-23)16-28-12-5-13-29(17-30)15-14-28/h2-4,6-11,17H,5,12-16H2,1H3,(H,27,31)/b11-8+. The van der Waals surface area contributed by atoms with Crippen molar-refractivity contribution in [1.82, 2.24) is 14.8 Å². The number of pyridine rings is 1. The lowest BCUT2D eigenvalue weighted by Gasteiger charge is -2.19. The van der Waals surface area contributed by atoms with Crippen LogP contribution in [0.1, 0.15) is 27.3 Å². The smallest absolute Gasteiger partial charge is 0.350 e. The molecule has 2 aromatic heterocycles. The van der Waals surface area contributed by atoms with Crippen LogP contribution in [0.3, 0.4) is 0 Å². The van der Waals surface area contributed by atoms with Crippen LogP contribution in [0, 0.1) is 0 Å². The van der Waals surface area contributed by atoms with Crippen LogP contribution in [0.4, 0.5) is 5.69 Å². The number of fused-ring (bicyclic) bond motifs is 1. The lowest BCUT2D eigenvalue weighted by atomic mass is 10.2. The second kappa shape index (κ2) is 11.0. The van der Waals surface area contributed by atoms with Gasteiger partial charge in [-0.05, 0) is 30.2 Å². The quantitative estimate of drug-likeness (QED) is 0.318. The molecular weight excluding hydrogens is 452 g/mol. The number of nitrogens with one attached hydrogen (secondary N) is 1. The molecular formula is C25H26N4O4S. The Hall–Kier alpha value is -3.56. The van der Waals surface area contributed by atoms with Crippen LogP contribution in [0.15, 0.2) is 48.5 Å². The van der Waals surface area contributed by atoms with Gasteiger partial charge in [-0.3, -0.25) is 14.5 Å².